The second-order valence-electron chi connectivity index (χ2n) is 3.90. The summed E-state index contributed by atoms with van der Waals surface area (Å²) in [6.45, 7) is 1.83. The third-order valence-electron chi connectivity index (χ3n) is 2.60. The smallest absolute Gasteiger partial charge is 0.335 e. The number of ether oxygens (including phenoxy) is 2. The summed E-state index contributed by atoms with van der Waals surface area (Å²) in [6, 6.07) is 8.13. The Morgan fingerprint density at radius 1 is 1.26 bits per heavy atom. The summed E-state index contributed by atoms with van der Waals surface area (Å²) in [4.78, 5) is 15.0. The zero-order valence-corrected chi connectivity index (χ0v) is 10.6. The number of carboxylic acids is 1. The minimum atomic E-state index is -1.00. The number of aryl methyl sites for hydroxylation is 1. The van der Waals surface area contributed by atoms with E-state index in [4.69, 9.17) is 14.6 Å². The Hall–Kier alpha value is -2.56. The van der Waals surface area contributed by atoms with Crippen molar-refractivity contribution in [3.05, 3.63) is 47.7 Å². The average molecular weight is 259 g/mol. The van der Waals surface area contributed by atoms with Crippen LogP contribution in [0.25, 0.3) is 0 Å². The first-order chi connectivity index (χ1) is 9.11. The lowest BCUT2D eigenvalue weighted by Gasteiger charge is -2.11. The maximum Gasteiger partial charge on any atom is 0.335 e. The van der Waals surface area contributed by atoms with Gasteiger partial charge in [0.05, 0.1) is 12.7 Å². The molecule has 0 spiro atoms. The lowest BCUT2D eigenvalue weighted by Crippen LogP contribution is -1.99. The number of aromatic carboxylic acids is 1. The normalized spacial score (nSPS) is 10.0. The molecule has 1 aromatic carbocycles. The molecule has 5 nitrogen and oxygen atoms in total. The largest absolute Gasteiger partial charge is 0.491 e. The fourth-order valence-corrected chi connectivity index (χ4v) is 1.56. The average Bonchev–Trinajstić information content (AvgIpc) is 2.41. The highest BCUT2D eigenvalue weighted by atomic mass is 16.5. The van der Waals surface area contributed by atoms with Crippen molar-refractivity contribution in [3.63, 3.8) is 0 Å². The third kappa shape index (κ3) is 2.82. The molecule has 1 aromatic heterocycles. The van der Waals surface area contributed by atoms with Crippen molar-refractivity contribution < 1.29 is 19.4 Å². The molecule has 0 aliphatic carbocycles. The van der Waals surface area contributed by atoms with Gasteiger partial charge in [0.15, 0.2) is 5.75 Å². The summed E-state index contributed by atoms with van der Waals surface area (Å²) >= 11 is 0. The standard InChI is InChI=1S/C14H13NO4/c1-9-5-6-10(14(16)17)8-12(9)19-13-11(18-2)4-3-7-15-13/h3-8H,1-2H3,(H,16,17). The fraction of sp³-hybridized carbons (Fsp3) is 0.143. The van der Waals surface area contributed by atoms with Gasteiger partial charge in [-0.3, -0.25) is 0 Å². The van der Waals surface area contributed by atoms with Crippen LogP contribution in [0.3, 0.4) is 0 Å². The molecule has 0 bridgehead atoms. The maximum absolute atomic E-state index is 10.9. The number of nitrogens with zero attached hydrogens (tertiary/aromatic N) is 1. The number of hydrogen-bond acceptors (Lipinski definition) is 4. The molecule has 1 N–H and O–H groups in total. The fourth-order valence-electron chi connectivity index (χ4n) is 1.56. The number of carbonyl (C=O) groups is 1. The molecule has 0 radical (unpaired) electrons. The molecule has 0 aliphatic rings. The van der Waals surface area contributed by atoms with Gasteiger partial charge in [0.25, 0.3) is 5.88 Å². The molecule has 0 amide bonds. The van der Waals surface area contributed by atoms with Crippen LogP contribution in [0.5, 0.6) is 17.4 Å². The third-order valence-corrected chi connectivity index (χ3v) is 2.60. The van der Waals surface area contributed by atoms with Crippen molar-refractivity contribution in [2.45, 2.75) is 6.92 Å². The number of methoxy groups -OCH3 is 1. The summed E-state index contributed by atoms with van der Waals surface area (Å²) in [6.07, 6.45) is 1.58. The summed E-state index contributed by atoms with van der Waals surface area (Å²) in [5, 5.41) is 8.97. The Morgan fingerprint density at radius 3 is 2.74 bits per heavy atom. The van der Waals surface area contributed by atoms with Crippen LogP contribution in [0, 0.1) is 6.92 Å². The van der Waals surface area contributed by atoms with Crippen LogP contribution in [0.4, 0.5) is 0 Å². The quantitative estimate of drug-likeness (QED) is 0.914. The highest BCUT2D eigenvalue weighted by molar-refractivity contribution is 5.88. The molecule has 5 heteroatoms. The van der Waals surface area contributed by atoms with E-state index in [0.29, 0.717) is 17.4 Å². The van der Waals surface area contributed by atoms with E-state index < -0.39 is 5.97 Å². The minimum absolute atomic E-state index is 0.162. The Balaban J connectivity index is 2.37. The van der Waals surface area contributed by atoms with E-state index in [9.17, 15) is 4.79 Å². The zero-order valence-electron chi connectivity index (χ0n) is 10.6. The van der Waals surface area contributed by atoms with Gasteiger partial charge in [-0.1, -0.05) is 6.07 Å². The molecule has 19 heavy (non-hydrogen) atoms. The topological polar surface area (TPSA) is 68.7 Å². The van der Waals surface area contributed by atoms with Crippen LogP contribution >= 0.6 is 0 Å². The highest BCUT2D eigenvalue weighted by Gasteiger charge is 2.11. The molecule has 2 aromatic rings. The van der Waals surface area contributed by atoms with E-state index in [0.717, 1.165) is 5.56 Å². The SMILES string of the molecule is COc1cccnc1Oc1cc(C(=O)O)ccc1C. The Bertz CT molecular complexity index is 610. The first kappa shape index (κ1) is 12.9. The number of rotatable bonds is 4. The lowest BCUT2D eigenvalue weighted by molar-refractivity contribution is 0.0696. The molecular weight excluding hydrogens is 246 g/mol. The van der Waals surface area contributed by atoms with Gasteiger partial charge in [-0.05, 0) is 36.8 Å². The maximum atomic E-state index is 10.9. The monoisotopic (exact) mass is 259 g/mol. The van der Waals surface area contributed by atoms with Crippen LogP contribution < -0.4 is 9.47 Å². The Morgan fingerprint density at radius 2 is 2.05 bits per heavy atom. The van der Waals surface area contributed by atoms with E-state index in [1.807, 2.05) is 6.92 Å². The Kier molecular flexibility index (Phi) is 3.66. The second kappa shape index (κ2) is 5.39. The zero-order chi connectivity index (χ0) is 13.8. The van der Waals surface area contributed by atoms with Crippen molar-refractivity contribution in [3.8, 4) is 17.4 Å². The first-order valence-corrected chi connectivity index (χ1v) is 5.62. The molecule has 0 aliphatic heterocycles. The van der Waals surface area contributed by atoms with Crippen LogP contribution in [0.1, 0.15) is 15.9 Å². The predicted octanol–water partition coefficient (Wildman–Crippen LogP) is 2.89. The van der Waals surface area contributed by atoms with Crippen LogP contribution in [0.15, 0.2) is 36.5 Å². The van der Waals surface area contributed by atoms with Crippen molar-refractivity contribution in [2.24, 2.45) is 0 Å². The summed E-state index contributed by atoms with van der Waals surface area (Å²) in [5.41, 5.74) is 0.980. The molecule has 0 saturated heterocycles. The summed E-state index contributed by atoms with van der Waals surface area (Å²) in [7, 11) is 1.52. The van der Waals surface area contributed by atoms with Crippen molar-refractivity contribution >= 4 is 5.97 Å². The number of benzene rings is 1. The van der Waals surface area contributed by atoms with Gasteiger partial charge < -0.3 is 14.6 Å². The van der Waals surface area contributed by atoms with Crippen LogP contribution in [0.2, 0.25) is 0 Å². The molecule has 0 unspecified atom stereocenters. The highest BCUT2D eigenvalue weighted by Crippen LogP contribution is 2.30. The second-order valence-corrected chi connectivity index (χ2v) is 3.90. The van der Waals surface area contributed by atoms with Gasteiger partial charge in [-0.15, -0.1) is 0 Å². The summed E-state index contributed by atoms with van der Waals surface area (Å²) in [5.74, 6) is 0.230. The molecule has 98 valence electrons. The van der Waals surface area contributed by atoms with E-state index in [1.54, 1.807) is 24.4 Å². The van der Waals surface area contributed by atoms with Crippen LogP contribution in [-0.2, 0) is 0 Å². The number of pyridine rings is 1. The lowest BCUT2D eigenvalue weighted by atomic mass is 10.1. The van der Waals surface area contributed by atoms with Crippen molar-refractivity contribution in [1.82, 2.24) is 4.98 Å². The van der Waals surface area contributed by atoms with Gasteiger partial charge in [-0.2, -0.15) is 0 Å². The van der Waals surface area contributed by atoms with Gasteiger partial charge in [0.2, 0.25) is 0 Å². The number of carboxylic acid groups (broad SMARTS) is 1. The van der Waals surface area contributed by atoms with Crippen molar-refractivity contribution in [1.29, 1.82) is 0 Å². The predicted molar refractivity (Wildman–Crippen MR) is 69.0 cm³/mol. The molecular formula is C14H13NO4. The van der Waals surface area contributed by atoms with Gasteiger partial charge in [0, 0.05) is 6.20 Å². The van der Waals surface area contributed by atoms with Crippen molar-refractivity contribution in [2.75, 3.05) is 7.11 Å². The van der Waals surface area contributed by atoms with Crippen LogP contribution in [-0.4, -0.2) is 23.2 Å². The Labute approximate surface area is 110 Å². The first-order valence-electron chi connectivity index (χ1n) is 5.62. The molecule has 1 heterocycles. The number of hydrogen-bond donors (Lipinski definition) is 1. The van der Waals surface area contributed by atoms with E-state index in [1.165, 1.54) is 19.2 Å². The van der Waals surface area contributed by atoms with E-state index in [2.05, 4.69) is 4.98 Å². The van der Waals surface area contributed by atoms with Gasteiger partial charge in [-0.25, -0.2) is 9.78 Å². The van der Waals surface area contributed by atoms with Gasteiger partial charge >= 0.3 is 5.97 Å². The van der Waals surface area contributed by atoms with E-state index in [-0.39, 0.29) is 5.56 Å². The summed E-state index contributed by atoms with van der Waals surface area (Å²) < 4.78 is 10.8. The molecule has 2 rings (SSSR count). The molecule has 0 saturated carbocycles. The molecule has 0 fully saturated rings. The van der Waals surface area contributed by atoms with Gasteiger partial charge in [0.1, 0.15) is 5.75 Å². The molecule has 0 atom stereocenters. The minimum Gasteiger partial charge on any atom is -0.491 e. The number of aromatic nitrogens is 1. The van der Waals surface area contributed by atoms with E-state index >= 15 is 0 Å².